The summed E-state index contributed by atoms with van der Waals surface area (Å²) in [5, 5.41) is 0. The highest BCUT2D eigenvalue weighted by Gasteiger charge is 2.01. The van der Waals surface area contributed by atoms with Gasteiger partial charge in [-0.2, -0.15) is 0 Å². The molecule has 4 heteroatoms. The molecular weight excluding hydrogens is 286 g/mol. The van der Waals surface area contributed by atoms with E-state index in [1.165, 1.54) is 12.8 Å². The molecule has 1 rings (SSSR count). The first-order chi connectivity index (χ1) is 11.2. The lowest BCUT2D eigenvalue weighted by Gasteiger charge is -2.16. The number of hydrogen-bond acceptors (Lipinski definition) is 3. The first-order valence-electron chi connectivity index (χ1n) is 8.96. The topological polar surface area (TPSA) is 50.9 Å². The van der Waals surface area contributed by atoms with Crippen LogP contribution in [-0.2, 0) is 0 Å². The van der Waals surface area contributed by atoms with Crippen molar-refractivity contribution in [2.75, 3.05) is 32.8 Å². The summed E-state index contributed by atoms with van der Waals surface area (Å²) in [5.74, 6) is 1.52. The highest BCUT2D eigenvalue weighted by molar-refractivity contribution is 5.97. The standard InChI is InChI=1S/C19H33N3O/c1-4-7-8-16-23-18-12-10-17(11-13-18)19(20)21-14-9-15-22(5-2)6-3/h10-13H,4-9,14-16H2,1-3H3,(H2,20,21). The highest BCUT2D eigenvalue weighted by Crippen LogP contribution is 2.13. The molecule has 23 heavy (non-hydrogen) atoms. The van der Waals surface area contributed by atoms with Gasteiger partial charge in [-0.1, -0.05) is 33.6 Å². The van der Waals surface area contributed by atoms with Crippen molar-refractivity contribution in [3.05, 3.63) is 29.8 Å². The zero-order valence-corrected chi connectivity index (χ0v) is 15.1. The van der Waals surface area contributed by atoms with Gasteiger partial charge in [0.2, 0.25) is 0 Å². The number of rotatable bonds is 12. The summed E-state index contributed by atoms with van der Waals surface area (Å²) >= 11 is 0. The molecule has 1 aromatic rings. The van der Waals surface area contributed by atoms with Gasteiger partial charge in [-0.25, -0.2) is 0 Å². The molecule has 0 fully saturated rings. The average molecular weight is 319 g/mol. The zero-order valence-electron chi connectivity index (χ0n) is 15.1. The molecule has 2 N–H and O–H groups in total. The van der Waals surface area contributed by atoms with Gasteiger partial charge < -0.3 is 15.4 Å². The largest absolute Gasteiger partial charge is 0.494 e. The third-order valence-corrected chi connectivity index (χ3v) is 3.98. The summed E-state index contributed by atoms with van der Waals surface area (Å²) in [7, 11) is 0. The van der Waals surface area contributed by atoms with Crippen molar-refractivity contribution in [3.8, 4) is 5.75 Å². The molecule has 130 valence electrons. The number of hydrogen-bond donors (Lipinski definition) is 1. The Bertz CT molecular complexity index is 438. The van der Waals surface area contributed by atoms with Gasteiger partial charge in [0, 0.05) is 12.1 Å². The molecule has 0 saturated heterocycles. The fourth-order valence-corrected chi connectivity index (χ4v) is 2.39. The van der Waals surface area contributed by atoms with Gasteiger partial charge in [0.25, 0.3) is 0 Å². The van der Waals surface area contributed by atoms with Gasteiger partial charge in [0.1, 0.15) is 11.6 Å². The van der Waals surface area contributed by atoms with E-state index >= 15 is 0 Å². The number of amidine groups is 1. The van der Waals surface area contributed by atoms with E-state index in [1.54, 1.807) is 0 Å². The number of ether oxygens (including phenoxy) is 1. The first kappa shape index (κ1) is 19.5. The van der Waals surface area contributed by atoms with Crippen LogP contribution >= 0.6 is 0 Å². The number of nitrogens with two attached hydrogens (primary N) is 1. The zero-order chi connectivity index (χ0) is 16.9. The quantitative estimate of drug-likeness (QED) is 0.363. The van der Waals surface area contributed by atoms with Crippen LogP contribution in [-0.4, -0.2) is 43.5 Å². The number of nitrogens with zero attached hydrogens (tertiary/aromatic N) is 2. The molecule has 0 aromatic heterocycles. The SMILES string of the molecule is CCCCCOc1ccc(C(N)=NCCCN(CC)CC)cc1. The van der Waals surface area contributed by atoms with E-state index in [-0.39, 0.29) is 0 Å². The second-order valence-corrected chi connectivity index (χ2v) is 5.73. The van der Waals surface area contributed by atoms with E-state index in [9.17, 15) is 0 Å². The minimum absolute atomic E-state index is 0.613. The van der Waals surface area contributed by atoms with Gasteiger partial charge in [-0.05, 0) is 56.7 Å². The van der Waals surface area contributed by atoms with Gasteiger partial charge >= 0.3 is 0 Å². The fourth-order valence-electron chi connectivity index (χ4n) is 2.39. The van der Waals surface area contributed by atoms with Gasteiger partial charge in [-0.15, -0.1) is 0 Å². The van der Waals surface area contributed by atoms with Crippen LogP contribution in [0.3, 0.4) is 0 Å². The lowest BCUT2D eigenvalue weighted by molar-refractivity contribution is 0.302. The number of aliphatic imine (C=N–C) groups is 1. The Hall–Kier alpha value is -1.55. The Morgan fingerprint density at radius 2 is 1.74 bits per heavy atom. The average Bonchev–Trinajstić information content (AvgIpc) is 2.59. The van der Waals surface area contributed by atoms with Gasteiger partial charge in [0.15, 0.2) is 0 Å². The van der Waals surface area contributed by atoms with Crippen molar-refractivity contribution < 1.29 is 4.74 Å². The normalized spacial score (nSPS) is 11.9. The van der Waals surface area contributed by atoms with Crippen LogP contribution in [0.25, 0.3) is 0 Å². The molecule has 0 aliphatic carbocycles. The lowest BCUT2D eigenvalue weighted by Crippen LogP contribution is -2.24. The molecule has 0 atom stereocenters. The predicted octanol–water partition coefficient (Wildman–Crippen LogP) is 3.69. The van der Waals surface area contributed by atoms with Crippen molar-refractivity contribution in [2.45, 2.75) is 46.5 Å². The Morgan fingerprint density at radius 1 is 1.04 bits per heavy atom. The monoisotopic (exact) mass is 319 g/mol. The molecule has 1 aromatic carbocycles. The van der Waals surface area contributed by atoms with Gasteiger partial charge in [-0.3, -0.25) is 4.99 Å². The van der Waals surface area contributed by atoms with Crippen LogP contribution in [0.5, 0.6) is 5.75 Å². The molecule has 0 aliphatic rings. The molecule has 4 nitrogen and oxygen atoms in total. The van der Waals surface area contributed by atoms with E-state index in [4.69, 9.17) is 10.5 Å². The predicted molar refractivity (Wildman–Crippen MR) is 99.5 cm³/mol. The number of benzene rings is 1. The molecule has 0 heterocycles. The van der Waals surface area contributed by atoms with Crippen LogP contribution in [0.2, 0.25) is 0 Å². The van der Waals surface area contributed by atoms with Crippen LogP contribution < -0.4 is 10.5 Å². The van der Waals surface area contributed by atoms with Crippen molar-refractivity contribution in [1.82, 2.24) is 4.90 Å². The molecular formula is C19H33N3O. The van der Waals surface area contributed by atoms with E-state index in [2.05, 4.69) is 30.7 Å². The van der Waals surface area contributed by atoms with Crippen LogP contribution in [0.1, 0.15) is 52.0 Å². The van der Waals surface area contributed by atoms with Crippen LogP contribution in [0.15, 0.2) is 29.3 Å². The minimum Gasteiger partial charge on any atom is -0.494 e. The fraction of sp³-hybridized carbons (Fsp3) is 0.632. The maximum Gasteiger partial charge on any atom is 0.125 e. The molecule has 0 amide bonds. The van der Waals surface area contributed by atoms with Crippen molar-refractivity contribution in [2.24, 2.45) is 10.7 Å². The third-order valence-electron chi connectivity index (χ3n) is 3.98. The molecule has 0 radical (unpaired) electrons. The van der Waals surface area contributed by atoms with Gasteiger partial charge in [0.05, 0.1) is 6.61 Å². The summed E-state index contributed by atoms with van der Waals surface area (Å²) in [6.07, 6.45) is 4.57. The molecule has 0 spiro atoms. The smallest absolute Gasteiger partial charge is 0.125 e. The van der Waals surface area contributed by atoms with E-state index in [0.29, 0.717) is 5.84 Å². The summed E-state index contributed by atoms with van der Waals surface area (Å²) in [6.45, 7) is 11.4. The van der Waals surface area contributed by atoms with Crippen LogP contribution in [0, 0.1) is 0 Å². The van der Waals surface area contributed by atoms with Crippen molar-refractivity contribution in [3.63, 3.8) is 0 Å². The summed E-state index contributed by atoms with van der Waals surface area (Å²) in [5.41, 5.74) is 7.03. The van der Waals surface area contributed by atoms with E-state index < -0.39 is 0 Å². The Labute approximate surface area is 141 Å². The molecule has 0 saturated carbocycles. The second kappa shape index (κ2) is 11.9. The minimum atomic E-state index is 0.613. The molecule has 0 aliphatic heterocycles. The summed E-state index contributed by atoms with van der Waals surface area (Å²) < 4.78 is 5.71. The lowest BCUT2D eigenvalue weighted by atomic mass is 10.2. The van der Waals surface area contributed by atoms with Crippen molar-refractivity contribution >= 4 is 5.84 Å². The van der Waals surface area contributed by atoms with E-state index in [1.807, 2.05) is 24.3 Å². The Balaban J connectivity index is 2.37. The van der Waals surface area contributed by atoms with Crippen molar-refractivity contribution in [1.29, 1.82) is 0 Å². The maximum absolute atomic E-state index is 6.06. The molecule has 0 bridgehead atoms. The second-order valence-electron chi connectivity index (χ2n) is 5.73. The highest BCUT2D eigenvalue weighted by atomic mass is 16.5. The number of unbranched alkanes of at least 4 members (excludes halogenated alkanes) is 2. The Morgan fingerprint density at radius 3 is 2.35 bits per heavy atom. The van der Waals surface area contributed by atoms with E-state index in [0.717, 1.165) is 56.9 Å². The summed E-state index contributed by atoms with van der Waals surface area (Å²) in [4.78, 5) is 6.88. The third kappa shape index (κ3) is 8.03. The first-order valence-corrected chi connectivity index (χ1v) is 8.96. The summed E-state index contributed by atoms with van der Waals surface area (Å²) in [6, 6.07) is 7.91. The van der Waals surface area contributed by atoms with Crippen LogP contribution in [0.4, 0.5) is 0 Å². The Kier molecular flexibility index (Phi) is 10.1. The molecule has 0 unspecified atom stereocenters. The maximum atomic E-state index is 6.06.